The summed E-state index contributed by atoms with van der Waals surface area (Å²) in [4.78, 5) is 1.97. The van der Waals surface area contributed by atoms with Gasteiger partial charge in [0.05, 0.1) is 25.1 Å². The molecule has 0 saturated carbocycles. The van der Waals surface area contributed by atoms with Crippen molar-refractivity contribution in [1.29, 1.82) is 0 Å². The van der Waals surface area contributed by atoms with Crippen molar-refractivity contribution in [3.63, 3.8) is 0 Å². The molecule has 0 fully saturated rings. The third-order valence-corrected chi connectivity index (χ3v) is 4.71. The minimum absolute atomic E-state index is 0.339. The molecular weight excluding hydrogens is 261 g/mol. The SMILES string of the molecule is C=C(CN(C)c1ccccc1)P(=O)(OCC)OCC. The molecule has 0 unspecified atom stereocenters. The highest BCUT2D eigenvalue weighted by Crippen LogP contribution is 2.55. The van der Waals surface area contributed by atoms with Gasteiger partial charge >= 0.3 is 7.60 Å². The van der Waals surface area contributed by atoms with E-state index < -0.39 is 7.60 Å². The maximum Gasteiger partial charge on any atom is 0.358 e. The Balaban J connectivity index is 2.74. The van der Waals surface area contributed by atoms with Crippen molar-refractivity contribution in [2.24, 2.45) is 0 Å². The second-order valence-corrected chi connectivity index (χ2v) is 6.23. The van der Waals surface area contributed by atoms with Crippen LogP contribution in [0, 0.1) is 0 Å². The van der Waals surface area contributed by atoms with E-state index in [1.54, 1.807) is 13.8 Å². The number of likely N-dealkylation sites (N-methyl/N-ethyl adjacent to an activating group) is 1. The van der Waals surface area contributed by atoms with E-state index in [9.17, 15) is 4.57 Å². The van der Waals surface area contributed by atoms with Gasteiger partial charge in [0.1, 0.15) is 0 Å². The lowest BCUT2D eigenvalue weighted by atomic mass is 10.3. The standard InChI is InChI=1S/C14H22NO3P/c1-5-17-19(16,18-6-2)13(3)12-15(4)14-10-8-7-9-11-14/h7-11H,3,5-6,12H2,1-2,4H3. The van der Waals surface area contributed by atoms with Crippen molar-refractivity contribution in [3.8, 4) is 0 Å². The first-order valence-electron chi connectivity index (χ1n) is 6.37. The van der Waals surface area contributed by atoms with Gasteiger partial charge in [0, 0.05) is 12.7 Å². The molecule has 0 aliphatic heterocycles. The first-order valence-corrected chi connectivity index (χ1v) is 7.91. The van der Waals surface area contributed by atoms with E-state index in [1.165, 1.54) is 0 Å². The van der Waals surface area contributed by atoms with Crippen LogP contribution < -0.4 is 4.90 Å². The van der Waals surface area contributed by atoms with E-state index >= 15 is 0 Å². The molecule has 5 heteroatoms. The average Bonchev–Trinajstić information content (AvgIpc) is 2.40. The van der Waals surface area contributed by atoms with E-state index in [0.717, 1.165) is 5.69 Å². The van der Waals surface area contributed by atoms with Crippen molar-refractivity contribution in [3.05, 3.63) is 42.2 Å². The highest BCUT2D eigenvalue weighted by atomic mass is 31.2. The highest BCUT2D eigenvalue weighted by molar-refractivity contribution is 7.58. The number of anilines is 1. The van der Waals surface area contributed by atoms with Crippen LogP contribution in [0.5, 0.6) is 0 Å². The fourth-order valence-electron chi connectivity index (χ4n) is 1.69. The molecule has 19 heavy (non-hydrogen) atoms. The van der Waals surface area contributed by atoms with E-state index in [0.29, 0.717) is 25.1 Å². The van der Waals surface area contributed by atoms with Gasteiger partial charge in [0.2, 0.25) is 0 Å². The van der Waals surface area contributed by atoms with Crippen LogP contribution in [0.4, 0.5) is 5.69 Å². The number of hydrogen-bond acceptors (Lipinski definition) is 4. The molecule has 106 valence electrons. The van der Waals surface area contributed by atoms with E-state index in [-0.39, 0.29) is 0 Å². The minimum Gasteiger partial charge on any atom is -0.370 e. The summed E-state index contributed by atoms with van der Waals surface area (Å²) < 4.78 is 23.1. The molecule has 0 spiro atoms. The van der Waals surface area contributed by atoms with Crippen molar-refractivity contribution in [1.82, 2.24) is 0 Å². The third kappa shape index (κ3) is 4.50. The molecule has 0 radical (unpaired) electrons. The first-order chi connectivity index (χ1) is 9.03. The molecule has 1 aromatic carbocycles. The Hall–Kier alpha value is -1.09. The van der Waals surface area contributed by atoms with Gasteiger partial charge in [-0.25, -0.2) is 0 Å². The maximum atomic E-state index is 12.5. The summed E-state index contributed by atoms with van der Waals surface area (Å²) in [5.74, 6) is 0. The van der Waals surface area contributed by atoms with Crippen LogP contribution in [-0.4, -0.2) is 26.8 Å². The summed E-state index contributed by atoms with van der Waals surface area (Å²) in [6, 6.07) is 9.84. The van der Waals surface area contributed by atoms with Crippen LogP contribution in [0.1, 0.15) is 13.8 Å². The summed E-state index contributed by atoms with van der Waals surface area (Å²) in [5, 5.41) is 0.475. The van der Waals surface area contributed by atoms with E-state index in [4.69, 9.17) is 9.05 Å². The molecule has 0 aliphatic rings. The third-order valence-electron chi connectivity index (χ3n) is 2.60. The smallest absolute Gasteiger partial charge is 0.358 e. The molecule has 0 bridgehead atoms. The summed E-state index contributed by atoms with van der Waals surface area (Å²) in [6.07, 6.45) is 0. The summed E-state index contributed by atoms with van der Waals surface area (Å²) in [7, 11) is -1.30. The van der Waals surface area contributed by atoms with Gasteiger partial charge in [-0.05, 0) is 26.0 Å². The van der Waals surface area contributed by atoms with Crippen LogP contribution in [0.25, 0.3) is 0 Å². The fraction of sp³-hybridized carbons (Fsp3) is 0.429. The Morgan fingerprint density at radius 1 is 1.21 bits per heavy atom. The van der Waals surface area contributed by atoms with Gasteiger partial charge in [-0.15, -0.1) is 0 Å². The van der Waals surface area contributed by atoms with Crippen molar-refractivity contribution >= 4 is 13.3 Å². The molecule has 0 N–H and O–H groups in total. The predicted molar refractivity (Wildman–Crippen MR) is 79.7 cm³/mol. The molecule has 1 aromatic rings. The minimum atomic E-state index is -3.22. The lowest BCUT2D eigenvalue weighted by Gasteiger charge is -2.24. The zero-order valence-corrected chi connectivity index (χ0v) is 12.7. The molecular formula is C14H22NO3P. The van der Waals surface area contributed by atoms with Gasteiger partial charge < -0.3 is 13.9 Å². The van der Waals surface area contributed by atoms with E-state index in [2.05, 4.69) is 6.58 Å². The Labute approximate surface area is 115 Å². The largest absolute Gasteiger partial charge is 0.370 e. The molecule has 0 aromatic heterocycles. The summed E-state index contributed by atoms with van der Waals surface area (Å²) in [6.45, 7) is 8.57. The predicted octanol–water partition coefficient (Wildman–Crippen LogP) is 3.90. The van der Waals surface area contributed by atoms with Crippen LogP contribution in [0.2, 0.25) is 0 Å². The first kappa shape index (κ1) is 16.0. The van der Waals surface area contributed by atoms with Gasteiger partial charge in [-0.1, -0.05) is 24.8 Å². The second-order valence-electron chi connectivity index (χ2n) is 4.09. The lowest BCUT2D eigenvalue weighted by Crippen LogP contribution is -2.20. The molecule has 4 nitrogen and oxygen atoms in total. The number of rotatable bonds is 8. The Morgan fingerprint density at radius 2 is 1.74 bits per heavy atom. The monoisotopic (exact) mass is 283 g/mol. The molecule has 0 heterocycles. The van der Waals surface area contributed by atoms with Gasteiger partial charge in [0.15, 0.2) is 0 Å². The van der Waals surface area contributed by atoms with E-state index in [1.807, 2.05) is 42.3 Å². The highest BCUT2D eigenvalue weighted by Gasteiger charge is 2.28. The summed E-state index contributed by atoms with van der Waals surface area (Å²) in [5.41, 5.74) is 1.03. The molecule has 0 atom stereocenters. The van der Waals surface area contributed by atoms with Gasteiger partial charge in [0.25, 0.3) is 0 Å². The van der Waals surface area contributed by atoms with Crippen LogP contribution in [0.3, 0.4) is 0 Å². The lowest BCUT2D eigenvalue weighted by molar-refractivity contribution is 0.226. The molecule has 0 saturated heterocycles. The Morgan fingerprint density at radius 3 is 2.21 bits per heavy atom. The number of nitrogens with zero attached hydrogens (tertiary/aromatic N) is 1. The summed E-state index contributed by atoms with van der Waals surface area (Å²) >= 11 is 0. The zero-order chi connectivity index (χ0) is 14.3. The quantitative estimate of drug-likeness (QED) is 0.678. The van der Waals surface area contributed by atoms with Crippen molar-refractivity contribution in [2.45, 2.75) is 13.8 Å². The zero-order valence-electron chi connectivity index (χ0n) is 11.8. The number of hydrogen-bond donors (Lipinski definition) is 0. The fourth-order valence-corrected chi connectivity index (χ4v) is 3.20. The topological polar surface area (TPSA) is 38.8 Å². The normalized spacial score (nSPS) is 11.3. The molecule has 1 rings (SSSR count). The van der Waals surface area contributed by atoms with Gasteiger partial charge in [-0.2, -0.15) is 0 Å². The van der Waals surface area contributed by atoms with Gasteiger partial charge in [-0.3, -0.25) is 4.57 Å². The van der Waals surface area contributed by atoms with Crippen molar-refractivity contribution < 1.29 is 13.6 Å². The number of para-hydroxylation sites is 1. The molecule has 0 amide bonds. The van der Waals surface area contributed by atoms with Crippen LogP contribution in [-0.2, 0) is 13.6 Å². The number of benzene rings is 1. The average molecular weight is 283 g/mol. The maximum absolute atomic E-state index is 12.5. The molecule has 0 aliphatic carbocycles. The second kappa shape index (κ2) is 7.49. The Kier molecular flexibility index (Phi) is 6.29. The van der Waals surface area contributed by atoms with Crippen LogP contribution in [0.15, 0.2) is 42.2 Å². The van der Waals surface area contributed by atoms with Crippen LogP contribution >= 0.6 is 7.60 Å². The Bertz CT molecular complexity index is 437. The van der Waals surface area contributed by atoms with Crippen molar-refractivity contribution in [2.75, 3.05) is 31.7 Å².